The molecule has 3 aromatic rings. The first-order valence-corrected chi connectivity index (χ1v) is 14.2. The van der Waals surface area contributed by atoms with Crippen molar-refractivity contribution >= 4 is 40.0 Å². The molecule has 1 aliphatic carbocycles. The number of halogens is 1. The van der Waals surface area contributed by atoms with Crippen molar-refractivity contribution in [3.05, 3.63) is 51.9 Å². The van der Waals surface area contributed by atoms with Gasteiger partial charge in [0.1, 0.15) is 16.6 Å². The van der Waals surface area contributed by atoms with E-state index < -0.39 is 6.10 Å². The molecule has 37 heavy (non-hydrogen) atoms. The Labute approximate surface area is 224 Å². The highest BCUT2D eigenvalue weighted by Crippen LogP contribution is 2.39. The van der Waals surface area contributed by atoms with Gasteiger partial charge in [-0.2, -0.15) is 0 Å². The summed E-state index contributed by atoms with van der Waals surface area (Å²) in [5.41, 5.74) is 1.51. The molecule has 2 aromatic heterocycles. The van der Waals surface area contributed by atoms with Crippen LogP contribution in [0.5, 0.6) is 5.75 Å². The van der Waals surface area contributed by atoms with Crippen molar-refractivity contribution in [1.82, 2.24) is 14.8 Å². The topological polar surface area (TPSA) is 95.3 Å². The van der Waals surface area contributed by atoms with Crippen LogP contribution in [0.25, 0.3) is 0 Å². The number of benzene rings is 1. The number of anilines is 1. The summed E-state index contributed by atoms with van der Waals surface area (Å²) in [6.07, 6.45) is 3.16. The van der Waals surface area contributed by atoms with Gasteiger partial charge in [-0.05, 0) is 83.2 Å². The quantitative estimate of drug-likeness (QED) is 0.253. The van der Waals surface area contributed by atoms with Crippen LogP contribution in [-0.4, -0.2) is 38.5 Å². The molecule has 198 valence electrons. The second-order valence-corrected chi connectivity index (χ2v) is 11.1. The Morgan fingerprint density at radius 1 is 1.16 bits per heavy atom. The van der Waals surface area contributed by atoms with Crippen molar-refractivity contribution in [2.24, 2.45) is 0 Å². The molecule has 8 nitrogen and oxygen atoms in total. The number of nitrogens with zero attached hydrogens (tertiary/aromatic N) is 3. The van der Waals surface area contributed by atoms with E-state index in [0.717, 1.165) is 36.1 Å². The van der Waals surface area contributed by atoms with Crippen LogP contribution < -0.4 is 10.1 Å². The van der Waals surface area contributed by atoms with Crippen molar-refractivity contribution in [3.63, 3.8) is 0 Å². The SMILES string of the molecule is CCn1c(SCC(=O)Nc2sc3c(c2C(=O)OC(C)C)CCCC3)nnc1C(C)Oc1ccc(F)cc1. The molecule has 1 aliphatic rings. The number of thiophene rings is 1. The van der Waals surface area contributed by atoms with Gasteiger partial charge in [-0.3, -0.25) is 4.79 Å². The predicted octanol–water partition coefficient (Wildman–Crippen LogP) is 5.81. The molecule has 0 spiro atoms. The van der Waals surface area contributed by atoms with Crippen molar-refractivity contribution in [3.8, 4) is 5.75 Å². The Kier molecular flexibility index (Phi) is 8.86. The first-order chi connectivity index (χ1) is 17.8. The summed E-state index contributed by atoms with van der Waals surface area (Å²) in [4.78, 5) is 26.9. The Morgan fingerprint density at radius 3 is 2.59 bits per heavy atom. The number of amides is 1. The zero-order chi connectivity index (χ0) is 26.5. The van der Waals surface area contributed by atoms with Crippen LogP contribution in [0.15, 0.2) is 29.4 Å². The average molecular weight is 547 g/mol. The predicted molar refractivity (Wildman–Crippen MR) is 142 cm³/mol. The minimum absolute atomic E-state index is 0.104. The van der Waals surface area contributed by atoms with Crippen LogP contribution in [-0.2, 0) is 28.9 Å². The molecule has 4 rings (SSSR count). The van der Waals surface area contributed by atoms with E-state index in [-0.39, 0.29) is 29.6 Å². The molecule has 0 aliphatic heterocycles. The van der Waals surface area contributed by atoms with E-state index in [2.05, 4.69) is 15.5 Å². The number of thioether (sulfide) groups is 1. The fourth-order valence-electron chi connectivity index (χ4n) is 4.21. The molecule has 0 saturated heterocycles. The Balaban J connectivity index is 1.43. The summed E-state index contributed by atoms with van der Waals surface area (Å²) in [6.45, 7) is 8.03. The van der Waals surface area contributed by atoms with Gasteiger partial charge in [-0.25, -0.2) is 9.18 Å². The number of aromatic nitrogens is 3. The summed E-state index contributed by atoms with van der Waals surface area (Å²) in [5.74, 6) is 0.290. The van der Waals surface area contributed by atoms with Crippen LogP contribution in [0.2, 0.25) is 0 Å². The molecular formula is C26H31FN4O4S2. The van der Waals surface area contributed by atoms with Gasteiger partial charge in [-0.1, -0.05) is 11.8 Å². The second kappa shape index (κ2) is 12.1. The molecular weight excluding hydrogens is 515 g/mol. The van der Waals surface area contributed by atoms with E-state index in [4.69, 9.17) is 9.47 Å². The number of ether oxygens (including phenoxy) is 2. The largest absolute Gasteiger partial charge is 0.483 e. The number of carbonyl (C=O) groups excluding carboxylic acids is 2. The normalized spacial score (nSPS) is 13.8. The van der Waals surface area contributed by atoms with Crippen LogP contribution in [0.1, 0.15) is 73.3 Å². The zero-order valence-electron chi connectivity index (χ0n) is 21.4. The zero-order valence-corrected chi connectivity index (χ0v) is 23.0. The average Bonchev–Trinajstić information content (AvgIpc) is 3.44. The van der Waals surface area contributed by atoms with E-state index in [1.165, 1.54) is 35.2 Å². The van der Waals surface area contributed by atoms with E-state index >= 15 is 0 Å². The number of nitrogens with one attached hydrogen (secondary N) is 1. The van der Waals surface area contributed by atoms with Crippen LogP contribution in [0.3, 0.4) is 0 Å². The molecule has 1 unspecified atom stereocenters. The van der Waals surface area contributed by atoms with Crippen LogP contribution >= 0.6 is 23.1 Å². The number of aryl methyl sites for hydroxylation is 1. The van der Waals surface area contributed by atoms with Gasteiger partial charge in [0.2, 0.25) is 5.91 Å². The van der Waals surface area contributed by atoms with Gasteiger partial charge in [0, 0.05) is 11.4 Å². The Bertz CT molecular complexity index is 1260. The van der Waals surface area contributed by atoms with Gasteiger partial charge in [0.05, 0.1) is 17.4 Å². The van der Waals surface area contributed by atoms with E-state index in [1.54, 1.807) is 12.1 Å². The smallest absolute Gasteiger partial charge is 0.341 e. The van der Waals surface area contributed by atoms with Crippen molar-refractivity contribution in [2.75, 3.05) is 11.1 Å². The number of rotatable bonds is 10. The van der Waals surface area contributed by atoms with Crippen LogP contribution in [0.4, 0.5) is 9.39 Å². The minimum Gasteiger partial charge on any atom is -0.483 e. The lowest BCUT2D eigenvalue weighted by atomic mass is 9.95. The van der Waals surface area contributed by atoms with E-state index in [0.29, 0.717) is 33.8 Å². The summed E-state index contributed by atoms with van der Waals surface area (Å²) < 4.78 is 26.5. The van der Waals surface area contributed by atoms with Gasteiger partial charge in [-0.15, -0.1) is 21.5 Å². The van der Waals surface area contributed by atoms with Crippen LogP contribution in [0, 0.1) is 5.82 Å². The molecule has 1 N–H and O–H groups in total. The first-order valence-electron chi connectivity index (χ1n) is 12.4. The van der Waals surface area contributed by atoms with Gasteiger partial charge in [0.15, 0.2) is 17.1 Å². The lowest BCUT2D eigenvalue weighted by molar-refractivity contribution is -0.113. The maximum Gasteiger partial charge on any atom is 0.341 e. The number of carbonyl (C=O) groups is 2. The third kappa shape index (κ3) is 6.51. The van der Waals surface area contributed by atoms with Crippen molar-refractivity contribution in [1.29, 1.82) is 0 Å². The lowest BCUT2D eigenvalue weighted by Crippen LogP contribution is -2.19. The third-order valence-corrected chi connectivity index (χ3v) is 8.03. The molecule has 1 amide bonds. The second-order valence-electron chi connectivity index (χ2n) is 9.00. The highest BCUT2D eigenvalue weighted by molar-refractivity contribution is 7.99. The maximum atomic E-state index is 13.2. The molecule has 1 atom stereocenters. The molecule has 0 radical (unpaired) electrons. The standard InChI is InChI=1S/C26H31FN4O4S2/c1-5-31-23(16(4)35-18-12-10-17(27)11-13-18)29-30-26(31)36-14-21(32)28-24-22(25(33)34-15(2)3)19-8-6-7-9-20(19)37-24/h10-13,15-16H,5-9,14H2,1-4H3,(H,28,32). The summed E-state index contributed by atoms with van der Waals surface area (Å²) in [7, 11) is 0. The number of hydrogen-bond donors (Lipinski definition) is 1. The minimum atomic E-state index is -0.423. The summed E-state index contributed by atoms with van der Waals surface area (Å²) in [5, 5.41) is 12.6. The number of fused-ring (bicyclic) bond motifs is 1. The monoisotopic (exact) mass is 546 g/mol. The summed E-state index contributed by atoms with van der Waals surface area (Å²) >= 11 is 2.74. The fraction of sp³-hybridized carbons (Fsp3) is 0.462. The summed E-state index contributed by atoms with van der Waals surface area (Å²) in [6, 6.07) is 5.80. The van der Waals surface area contributed by atoms with Gasteiger partial charge >= 0.3 is 5.97 Å². The third-order valence-electron chi connectivity index (χ3n) is 5.86. The van der Waals surface area contributed by atoms with Crippen molar-refractivity contribution < 1.29 is 23.5 Å². The number of hydrogen-bond acceptors (Lipinski definition) is 8. The molecule has 0 saturated carbocycles. The van der Waals surface area contributed by atoms with Crippen molar-refractivity contribution in [2.45, 2.75) is 77.3 Å². The van der Waals surface area contributed by atoms with Gasteiger partial charge in [0.25, 0.3) is 0 Å². The Hall–Kier alpha value is -2.92. The molecule has 2 heterocycles. The fourth-order valence-corrected chi connectivity index (χ4v) is 6.31. The number of esters is 1. The molecule has 0 bridgehead atoms. The maximum absolute atomic E-state index is 13.2. The Morgan fingerprint density at radius 2 is 1.89 bits per heavy atom. The molecule has 0 fully saturated rings. The van der Waals surface area contributed by atoms with E-state index in [9.17, 15) is 14.0 Å². The first kappa shape index (κ1) is 27.1. The highest BCUT2D eigenvalue weighted by Gasteiger charge is 2.28. The highest BCUT2D eigenvalue weighted by atomic mass is 32.2. The molecule has 11 heteroatoms. The van der Waals surface area contributed by atoms with Gasteiger partial charge < -0.3 is 19.4 Å². The molecule has 1 aromatic carbocycles. The van der Waals surface area contributed by atoms with E-state index in [1.807, 2.05) is 32.3 Å². The lowest BCUT2D eigenvalue weighted by Gasteiger charge is -2.15.